The van der Waals surface area contributed by atoms with Crippen LogP contribution in [-0.2, 0) is 9.59 Å². The number of Topliss-reactive ketones (excluding diaryl/α,β-unsaturated/α-hetero) is 2. The molecule has 4 aromatic rings. The highest BCUT2D eigenvalue weighted by molar-refractivity contribution is 14.2. The van der Waals surface area contributed by atoms with E-state index in [4.69, 9.17) is 0 Å². The molecular formula is C65H92F3IN7O3P. The van der Waals surface area contributed by atoms with Gasteiger partial charge in [-0.15, -0.1) is 0 Å². The van der Waals surface area contributed by atoms with E-state index in [-0.39, 0.29) is 42.3 Å². The molecule has 3 unspecified atom stereocenters. The molecule has 8 rings (SSSR count). The Bertz CT molecular complexity index is 2650. The first kappa shape index (κ1) is 66.5. The molecule has 80 heavy (non-hydrogen) atoms. The number of hydrogen-bond donors (Lipinski definition) is 2. The Hall–Kier alpha value is -4.34. The molecule has 0 aliphatic carbocycles. The molecule has 0 saturated carbocycles. The van der Waals surface area contributed by atoms with Crippen molar-refractivity contribution in [2.75, 3.05) is 77.9 Å². The summed E-state index contributed by atoms with van der Waals surface area (Å²) in [6.07, 6.45) is 16.3. The summed E-state index contributed by atoms with van der Waals surface area (Å²) in [6, 6.07) is 20.5. The van der Waals surface area contributed by atoms with Crippen molar-refractivity contribution in [2.24, 2.45) is 10.9 Å². The molecule has 4 fully saturated rings. The molecule has 3 aromatic carbocycles. The summed E-state index contributed by atoms with van der Waals surface area (Å²) in [6.45, 7) is 24.1. The van der Waals surface area contributed by atoms with Crippen LogP contribution in [0, 0.1) is 25.6 Å². The van der Waals surface area contributed by atoms with Gasteiger partial charge in [0.1, 0.15) is 11.9 Å². The largest absolute Gasteiger partial charge is 0.374 e. The van der Waals surface area contributed by atoms with E-state index in [2.05, 4.69) is 131 Å². The van der Waals surface area contributed by atoms with Gasteiger partial charge in [-0.2, -0.15) is 0 Å². The van der Waals surface area contributed by atoms with Crippen LogP contribution in [0.3, 0.4) is 0 Å². The van der Waals surface area contributed by atoms with Crippen molar-refractivity contribution in [3.05, 3.63) is 123 Å². The summed E-state index contributed by atoms with van der Waals surface area (Å²) >= 11 is 2.32. The maximum Gasteiger partial charge on any atom is 0.275 e. The minimum atomic E-state index is -2.75. The molecule has 4 aliphatic rings. The molecule has 1 aromatic heterocycles. The molecule has 3 atom stereocenters. The van der Waals surface area contributed by atoms with Crippen LogP contribution in [0.4, 0.5) is 18.9 Å². The number of aryl methyl sites for hydroxylation is 2. The van der Waals surface area contributed by atoms with Gasteiger partial charge in [0.25, 0.3) is 5.92 Å². The van der Waals surface area contributed by atoms with Crippen molar-refractivity contribution in [2.45, 2.75) is 156 Å². The van der Waals surface area contributed by atoms with Crippen LogP contribution in [0.2, 0.25) is 0 Å². The van der Waals surface area contributed by atoms with Gasteiger partial charge < -0.3 is 10.6 Å². The summed E-state index contributed by atoms with van der Waals surface area (Å²) in [5.74, 6) is -2.21. The van der Waals surface area contributed by atoms with Crippen molar-refractivity contribution < 1.29 is 27.6 Å². The van der Waals surface area contributed by atoms with Crippen LogP contribution in [0.15, 0.2) is 83.5 Å². The number of halogens is 4. The number of benzene rings is 3. The average molecular weight is 1230 g/mol. The Morgan fingerprint density at radius 3 is 2.15 bits per heavy atom. The van der Waals surface area contributed by atoms with Crippen LogP contribution in [0.1, 0.15) is 168 Å². The van der Waals surface area contributed by atoms with Crippen molar-refractivity contribution in [1.82, 2.24) is 25.0 Å². The van der Waals surface area contributed by atoms with E-state index >= 15 is 13.2 Å². The Labute approximate surface area is 492 Å². The van der Waals surface area contributed by atoms with E-state index in [0.717, 1.165) is 87.7 Å². The highest BCUT2D eigenvalue weighted by Gasteiger charge is 2.48. The number of likely N-dealkylation sites (tertiary alicyclic amines) is 3. The van der Waals surface area contributed by atoms with Crippen molar-refractivity contribution >= 4 is 63.7 Å². The smallest absolute Gasteiger partial charge is 0.275 e. The number of aliphatic imine (C=N–C) groups is 1. The molecule has 15 heteroatoms. The fourth-order valence-corrected chi connectivity index (χ4v) is 11.9. The number of alkyl halides is 2. The monoisotopic (exact) mass is 1230 g/mol. The van der Waals surface area contributed by atoms with Gasteiger partial charge in [-0.3, -0.25) is 39.1 Å². The van der Waals surface area contributed by atoms with Gasteiger partial charge >= 0.3 is 0 Å². The third-order valence-electron chi connectivity index (χ3n) is 16.1. The highest BCUT2D eigenvalue weighted by Crippen LogP contribution is 2.38. The predicted molar refractivity (Wildman–Crippen MR) is 338 cm³/mol. The number of ketones is 2. The first-order valence-corrected chi connectivity index (χ1v) is 34.0. The molecule has 2 N–H and O–H groups in total. The second-order valence-electron chi connectivity index (χ2n) is 22.0. The van der Waals surface area contributed by atoms with Gasteiger partial charge in [-0.1, -0.05) is 123 Å². The molecule has 1 amide bonds. The number of rotatable bonds is 17. The van der Waals surface area contributed by atoms with Crippen LogP contribution in [0.5, 0.6) is 0 Å². The number of carbonyl (C=O) groups excluding carboxylic acids is 3. The zero-order valence-corrected chi connectivity index (χ0v) is 52.7. The van der Waals surface area contributed by atoms with E-state index in [1.165, 1.54) is 39.5 Å². The Balaban J connectivity index is 0.000000273. The van der Waals surface area contributed by atoms with Crippen molar-refractivity contribution in [3.63, 3.8) is 0 Å². The Morgan fingerprint density at radius 1 is 0.887 bits per heavy atom. The number of nitrogens with zero attached hydrogens (tertiary/aromatic N) is 5. The molecule has 0 spiro atoms. The zero-order chi connectivity index (χ0) is 58.4. The quantitative estimate of drug-likeness (QED) is 0.0466. The summed E-state index contributed by atoms with van der Waals surface area (Å²) in [5.41, 5.74) is 11.6. The molecule has 10 nitrogen and oxygen atoms in total. The topological polar surface area (TPSA) is 110 Å². The molecule has 0 bridgehead atoms. The molecule has 5 heterocycles. The summed E-state index contributed by atoms with van der Waals surface area (Å²) in [4.78, 5) is 50.7. The van der Waals surface area contributed by atoms with E-state index in [1.54, 1.807) is 19.1 Å². The van der Waals surface area contributed by atoms with E-state index in [1.807, 2.05) is 55.2 Å². The number of carbonyl (C=O) groups is 3. The van der Waals surface area contributed by atoms with Crippen LogP contribution >= 0.6 is 28.3 Å². The third-order valence-corrected chi connectivity index (χ3v) is 16.1. The van der Waals surface area contributed by atoms with E-state index in [9.17, 15) is 14.4 Å². The minimum absolute atomic E-state index is 0.0172. The minimum Gasteiger partial charge on any atom is -0.374 e. The number of hydrogen-bond acceptors (Lipinski definition) is 9. The maximum atomic E-state index is 15.3. The third kappa shape index (κ3) is 19.7. The van der Waals surface area contributed by atoms with Crippen LogP contribution in [0.25, 0.3) is 17.2 Å². The zero-order valence-electron chi connectivity index (χ0n) is 49.6. The number of piperidine rings is 3. The van der Waals surface area contributed by atoms with Gasteiger partial charge in [0.2, 0.25) is 5.91 Å². The first-order valence-electron chi connectivity index (χ1n) is 29.4. The number of amides is 1. The summed E-state index contributed by atoms with van der Waals surface area (Å²) in [7, 11) is 1.81. The maximum absolute atomic E-state index is 15.3. The fraction of sp³-hybridized carbons (Fsp3) is 0.554. The Morgan fingerprint density at radius 2 is 1.54 bits per heavy atom. The van der Waals surface area contributed by atoms with Gasteiger partial charge in [0, 0.05) is 68.0 Å². The number of anilines is 1. The lowest BCUT2D eigenvalue weighted by atomic mass is 9.86. The van der Waals surface area contributed by atoms with Gasteiger partial charge in [-0.05, 0) is 187 Å². The molecule has 4 aliphatic heterocycles. The van der Waals surface area contributed by atoms with Gasteiger partial charge in [-0.25, -0.2) is 13.2 Å². The van der Waals surface area contributed by atoms with Gasteiger partial charge in [0.15, 0.2) is 11.6 Å². The second kappa shape index (κ2) is 33.7. The number of pyridine rings is 1. The van der Waals surface area contributed by atoms with E-state index < -0.39 is 18.0 Å². The SMILES string of the molecule is CC.CCCC(CCC)CN1CCC(N2CCC(c3ccc(NC4CCC(=O)CNC4=O)cc3F)CC2)C(F)(F)C1.CN=Cc1cc(-c2ccnc(C)c2/C=C(\C)CN2CCC(c3ccc(C(C)=O)cc3)CC2)ccc1C.CPI. The second-order valence-corrected chi connectivity index (χ2v) is 25.6. The standard InChI is InChI=1S/C32H37N3O.C30H45F3N4O2.C2H6.CH4IP/c1-22(21-35-16-13-28(14-17-35)27-10-8-26(9-11-27)25(4)36)18-32-24(3)34-15-12-31(32)29-7-6-23(2)30(19-29)20-33-5;1-3-5-21(6-4-2)19-36-14-13-28(30(32,33)20-36)37-15-11-22(12-16-37)25-9-7-23(17-26(25)31)35-27-10-8-24(38)18-34-29(27)39;1-2;1-3-2/h6-12,15,18-20,28H,13-14,16-17,21H2,1-5H3;7,9,17,21-22,27-28,35H,3-6,8,10-16,18-20H2,1-2H3,(H,34,39);1-2H3;3H,1H3/b22-18+,33-20?;;;. The lowest BCUT2D eigenvalue weighted by Gasteiger charge is -2.46. The number of aromatic nitrogens is 1. The lowest BCUT2D eigenvalue weighted by Crippen LogP contribution is -2.60. The first-order chi connectivity index (χ1) is 38.5. The predicted octanol–water partition coefficient (Wildman–Crippen LogP) is 14.8. The fourth-order valence-electron chi connectivity index (χ4n) is 11.9. The molecular weight excluding hydrogens is 1140 g/mol. The molecule has 4 saturated heterocycles. The average Bonchev–Trinajstić information content (AvgIpc) is 3.61. The summed E-state index contributed by atoms with van der Waals surface area (Å²) in [5, 5.41) is 5.64. The lowest BCUT2D eigenvalue weighted by molar-refractivity contribution is -0.133. The molecule has 0 radical (unpaired) electrons. The van der Waals surface area contributed by atoms with E-state index in [0.29, 0.717) is 74.8 Å². The van der Waals surface area contributed by atoms with Crippen LogP contribution < -0.4 is 10.6 Å². The molecule has 438 valence electrons. The summed E-state index contributed by atoms with van der Waals surface area (Å²) < 4.78 is 45.8. The Kier molecular flexibility index (Phi) is 28.0. The highest BCUT2D eigenvalue weighted by atomic mass is 127. The van der Waals surface area contributed by atoms with Gasteiger partial charge in [0.05, 0.1) is 19.1 Å². The normalized spacial score (nSPS) is 19.9. The van der Waals surface area contributed by atoms with Crippen molar-refractivity contribution in [3.8, 4) is 11.1 Å². The number of nitrogens with one attached hydrogen (secondary N) is 2. The van der Waals surface area contributed by atoms with Crippen molar-refractivity contribution in [1.29, 1.82) is 0 Å². The van der Waals surface area contributed by atoms with Crippen LogP contribution in [-0.4, -0.2) is 134 Å².